The van der Waals surface area contributed by atoms with Crippen LogP contribution in [0.15, 0.2) is 24.3 Å². The highest BCUT2D eigenvalue weighted by molar-refractivity contribution is 6.30. The Morgan fingerprint density at radius 3 is 2.47 bits per heavy atom. The molecule has 0 aliphatic rings. The van der Waals surface area contributed by atoms with Gasteiger partial charge in [0.15, 0.2) is 0 Å². The second-order valence-corrected chi connectivity index (χ2v) is 6.58. The zero-order valence-electron chi connectivity index (χ0n) is 13.0. The average Bonchev–Trinajstić information content (AvgIpc) is 2.36. The van der Waals surface area contributed by atoms with Crippen LogP contribution in [0.2, 0.25) is 5.02 Å². The standard InChI is InChI=1S/C16H27ClN2/c1-12(14-8-7-9-15(17)10-14)19(6)11-16(3,4)13(2)18-5/h7-10,12-13,18H,11H2,1-6H3. The summed E-state index contributed by atoms with van der Waals surface area (Å²) in [5.41, 5.74) is 1.49. The average molecular weight is 283 g/mol. The van der Waals surface area contributed by atoms with Crippen molar-refractivity contribution < 1.29 is 0 Å². The molecule has 1 aromatic rings. The Hall–Kier alpha value is -0.570. The van der Waals surface area contributed by atoms with Gasteiger partial charge in [-0.05, 0) is 51.1 Å². The Bertz CT molecular complexity index is 403. The van der Waals surface area contributed by atoms with E-state index in [-0.39, 0.29) is 5.41 Å². The van der Waals surface area contributed by atoms with E-state index < -0.39 is 0 Å². The predicted octanol–water partition coefficient (Wildman–Crippen LogP) is 3.97. The number of benzene rings is 1. The van der Waals surface area contributed by atoms with E-state index in [0.717, 1.165) is 11.6 Å². The molecule has 0 saturated carbocycles. The Morgan fingerprint density at radius 2 is 1.95 bits per heavy atom. The molecular weight excluding hydrogens is 256 g/mol. The monoisotopic (exact) mass is 282 g/mol. The molecule has 0 bridgehead atoms. The quantitative estimate of drug-likeness (QED) is 0.849. The van der Waals surface area contributed by atoms with Crippen LogP contribution in [0.25, 0.3) is 0 Å². The summed E-state index contributed by atoms with van der Waals surface area (Å²) in [6.45, 7) is 10.1. The van der Waals surface area contributed by atoms with Crippen molar-refractivity contribution in [1.29, 1.82) is 0 Å². The number of rotatable bonds is 6. The van der Waals surface area contributed by atoms with E-state index >= 15 is 0 Å². The van der Waals surface area contributed by atoms with Crippen LogP contribution in [0, 0.1) is 5.41 Å². The summed E-state index contributed by atoms with van der Waals surface area (Å²) in [6.07, 6.45) is 0. The molecule has 0 aliphatic heterocycles. The minimum atomic E-state index is 0.219. The Labute approximate surface area is 123 Å². The molecule has 2 atom stereocenters. The van der Waals surface area contributed by atoms with Crippen LogP contribution in [0.3, 0.4) is 0 Å². The lowest BCUT2D eigenvalue weighted by Crippen LogP contribution is -2.45. The first-order valence-corrected chi connectivity index (χ1v) is 7.28. The van der Waals surface area contributed by atoms with E-state index in [0.29, 0.717) is 12.1 Å². The molecule has 108 valence electrons. The van der Waals surface area contributed by atoms with Crippen LogP contribution >= 0.6 is 11.6 Å². The lowest BCUT2D eigenvalue weighted by Gasteiger charge is -2.38. The fourth-order valence-electron chi connectivity index (χ4n) is 2.33. The molecule has 0 heterocycles. The highest BCUT2D eigenvalue weighted by atomic mass is 35.5. The van der Waals surface area contributed by atoms with Crippen molar-refractivity contribution in [2.45, 2.75) is 39.8 Å². The van der Waals surface area contributed by atoms with Gasteiger partial charge in [-0.3, -0.25) is 4.90 Å². The van der Waals surface area contributed by atoms with Crippen molar-refractivity contribution in [1.82, 2.24) is 10.2 Å². The molecule has 0 amide bonds. The summed E-state index contributed by atoms with van der Waals surface area (Å²) < 4.78 is 0. The highest BCUT2D eigenvalue weighted by Crippen LogP contribution is 2.27. The van der Waals surface area contributed by atoms with Crippen LogP contribution in [-0.2, 0) is 0 Å². The van der Waals surface area contributed by atoms with Crippen LogP contribution < -0.4 is 5.32 Å². The minimum absolute atomic E-state index is 0.219. The summed E-state index contributed by atoms with van der Waals surface area (Å²) in [6, 6.07) is 8.97. The normalized spacial score (nSPS) is 15.6. The van der Waals surface area contributed by atoms with Gasteiger partial charge >= 0.3 is 0 Å². The molecule has 1 N–H and O–H groups in total. The number of nitrogens with zero attached hydrogens (tertiary/aromatic N) is 1. The summed E-state index contributed by atoms with van der Waals surface area (Å²) in [5, 5.41) is 4.16. The second kappa shape index (κ2) is 6.74. The first kappa shape index (κ1) is 16.5. The molecule has 0 aromatic heterocycles. The summed E-state index contributed by atoms with van der Waals surface area (Å²) in [7, 11) is 4.20. The third kappa shape index (κ3) is 4.48. The van der Waals surface area contributed by atoms with Crippen molar-refractivity contribution in [2.75, 3.05) is 20.6 Å². The fraction of sp³-hybridized carbons (Fsp3) is 0.625. The molecule has 19 heavy (non-hydrogen) atoms. The van der Waals surface area contributed by atoms with Crippen molar-refractivity contribution in [3.63, 3.8) is 0 Å². The van der Waals surface area contributed by atoms with Gasteiger partial charge in [0.2, 0.25) is 0 Å². The van der Waals surface area contributed by atoms with E-state index in [4.69, 9.17) is 11.6 Å². The summed E-state index contributed by atoms with van der Waals surface area (Å²) in [5.74, 6) is 0. The summed E-state index contributed by atoms with van der Waals surface area (Å²) in [4.78, 5) is 2.39. The van der Waals surface area contributed by atoms with Gasteiger partial charge in [0.05, 0.1) is 0 Å². The molecule has 0 radical (unpaired) electrons. The van der Waals surface area contributed by atoms with Crippen molar-refractivity contribution in [2.24, 2.45) is 5.41 Å². The van der Waals surface area contributed by atoms with Crippen molar-refractivity contribution in [3.8, 4) is 0 Å². The van der Waals surface area contributed by atoms with E-state index in [1.54, 1.807) is 0 Å². The first-order chi connectivity index (χ1) is 8.77. The van der Waals surface area contributed by atoms with Crippen molar-refractivity contribution >= 4 is 11.6 Å². The lowest BCUT2D eigenvalue weighted by molar-refractivity contribution is 0.139. The van der Waals surface area contributed by atoms with Gasteiger partial charge in [-0.1, -0.05) is 37.6 Å². The zero-order chi connectivity index (χ0) is 14.6. The van der Waals surface area contributed by atoms with Crippen LogP contribution in [-0.4, -0.2) is 31.6 Å². The number of halogens is 1. The van der Waals surface area contributed by atoms with E-state index in [1.807, 2.05) is 19.2 Å². The molecule has 0 saturated heterocycles. The van der Waals surface area contributed by atoms with Crippen molar-refractivity contribution in [3.05, 3.63) is 34.9 Å². The van der Waals surface area contributed by atoms with E-state index in [1.165, 1.54) is 5.56 Å². The Morgan fingerprint density at radius 1 is 1.32 bits per heavy atom. The van der Waals surface area contributed by atoms with Crippen LogP contribution in [0.1, 0.15) is 39.3 Å². The maximum absolute atomic E-state index is 6.07. The molecule has 0 fully saturated rings. The van der Waals surface area contributed by atoms with Crippen LogP contribution in [0.5, 0.6) is 0 Å². The highest BCUT2D eigenvalue weighted by Gasteiger charge is 2.28. The maximum Gasteiger partial charge on any atom is 0.0409 e. The zero-order valence-corrected chi connectivity index (χ0v) is 13.8. The van der Waals surface area contributed by atoms with Gasteiger partial charge in [-0.2, -0.15) is 0 Å². The summed E-state index contributed by atoms with van der Waals surface area (Å²) >= 11 is 6.07. The van der Waals surface area contributed by atoms with Gasteiger partial charge in [-0.25, -0.2) is 0 Å². The molecule has 1 rings (SSSR count). The second-order valence-electron chi connectivity index (χ2n) is 6.15. The molecule has 2 nitrogen and oxygen atoms in total. The number of hydrogen-bond acceptors (Lipinski definition) is 2. The van der Waals surface area contributed by atoms with Gasteiger partial charge in [-0.15, -0.1) is 0 Å². The molecule has 1 aromatic carbocycles. The SMILES string of the molecule is CNC(C)C(C)(C)CN(C)C(C)c1cccc(Cl)c1. The molecule has 0 aliphatic carbocycles. The van der Waals surface area contributed by atoms with Gasteiger partial charge in [0, 0.05) is 23.7 Å². The minimum Gasteiger partial charge on any atom is -0.317 e. The number of nitrogens with one attached hydrogen (secondary N) is 1. The third-order valence-electron chi connectivity index (χ3n) is 4.25. The van der Waals surface area contributed by atoms with E-state index in [2.05, 4.69) is 57.1 Å². The first-order valence-electron chi connectivity index (χ1n) is 6.91. The fourth-order valence-corrected chi connectivity index (χ4v) is 2.53. The predicted molar refractivity (Wildman–Crippen MR) is 84.8 cm³/mol. The molecule has 2 unspecified atom stereocenters. The number of hydrogen-bond donors (Lipinski definition) is 1. The van der Waals surface area contributed by atoms with Gasteiger partial charge in [0.1, 0.15) is 0 Å². The van der Waals surface area contributed by atoms with Gasteiger partial charge in [0.25, 0.3) is 0 Å². The molecule has 0 spiro atoms. The molecular formula is C16H27ClN2. The topological polar surface area (TPSA) is 15.3 Å². The van der Waals surface area contributed by atoms with Gasteiger partial charge < -0.3 is 5.32 Å². The largest absolute Gasteiger partial charge is 0.317 e. The van der Waals surface area contributed by atoms with E-state index in [9.17, 15) is 0 Å². The molecule has 3 heteroatoms. The lowest BCUT2D eigenvalue weighted by atomic mass is 9.84. The third-order valence-corrected chi connectivity index (χ3v) is 4.49. The maximum atomic E-state index is 6.07. The van der Waals surface area contributed by atoms with Crippen LogP contribution in [0.4, 0.5) is 0 Å². The Kier molecular flexibility index (Phi) is 5.84. The smallest absolute Gasteiger partial charge is 0.0409 e. The Balaban J connectivity index is 2.75.